The zero-order valence-corrected chi connectivity index (χ0v) is 8.85. The van der Waals surface area contributed by atoms with Gasteiger partial charge in [0.15, 0.2) is 0 Å². The second-order valence-electron chi connectivity index (χ2n) is 3.44. The molecule has 0 saturated carbocycles. The lowest BCUT2D eigenvalue weighted by Crippen LogP contribution is -2.00. The molecule has 0 unspecified atom stereocenters. The fourth-order valence-electron chi connectivity index (χ4n) is 1.69. The van der Waals surface area contributed by atoms with Gasteiger partial charge in [0.1, 0.15) is 0 Å². The minimum atomic E-state index is 0.577. The highest BCUT2D eigenvalue weighted by atomic mass is 15.3. The monoisotopic (exact) mass is 201 g/mol. The van der Waals surface area contributed by atoms with E-state index in [0.29, 0.717) is 6.54 Å². The summed E-state index contributed by atoms with van der Waals surface area (Å²) < 4.78 is 1.98. The van der Waals surface area contributed by atoms with E-state index in [1.807, 2.05) is 29.1 Å². The molecule has 0 aliphatic heterocycles. The Kier molecular flexibility index (Phi) is 2.83. The number of aromatic nitrogens is 2. The molecular weight excluding hydrogens is 186 g/mol. The molecule has 0 atom stereocenters. The first-order valence-electron chi connectivity index (χ1n) is 5.16. The third-order valence-electron chi connectivity index (χ3n) is 2.47. The van der Waals surface area contributed by atoms with Crippen molar-refractivity contribution in [1.82, 2.24) is 9.78 Å². The van der Waals surface area contributed by atoms with Crippen LogP contribution < -0.4 is 5.73 Å². The van der Waals surface area contributed by atoms with Crippen molar-refractivity contribution in [3.8, 4) is 11.3 Å². The van der Waals surface area contributed by atoms with E-state index in [0.717, 1.165) is 17.8 Å². The molecule has 0 amide bonds. The lowest BCUT2D eigenvalue weighted by Gasteiger charge is -2.06. The van der Waals surface area contributed by atoms with Crippen LogP contribution in [-0.4, -0.2) is 9.78 Å². The molecule has 0 aliphatic carbocycles. The van der Waals surface area contributed by atoms with Crippen molar-refractivity contribution in [3.05, 3.63) is 42.1 Å². The summed E-state index contributed by atoms with van der Waals surface area (Å²) in [6.07, 6.45) is 1.83. The zero-order valence-electron chi connectivity index (χ0n) is 8.85. The molecule has 1 aromatic carbocycles. The van der Waals surface area contributed by atoms with Gasteiger partial charge >= 0.3 is 0 Å². The van der Waals surface area contributed by atoms with Crippen molar-refractivity contribution in [1.29, 1.82) is 0 Å². The summed E-state index contributed by atoms with van der Waals surface area (Å²) in [5.41, 5.74) is 9.09. The van der Waals surface area contributed by atoms with Crippen LogP contribution in [0, 0.1) is 0 Å². The molecule has 2 aromatic rings. The van der Waals surface area contributed by atoms with Crippen LogP contribution in [0.25, 0.3) is 11.3 Å². The quantitative estimate of drug-likeness (QED) is 0.825. The molecule has 1 heterocycles. The molecule has 15 heavy (non-hydrogen) atoms. The predicted octanol–water partition coefficient (Wildman–Crippen LogP) is 2.03. The van der Waals surface area contributed by atoms with Crippen LogP contribution >= 0.6 is 0 Å². The Morgan fingerprint density at radius 2 is 2.20 bits per heavy atom. The van der Waals surface area contributed by atoms with E-state index in [1.54, 1.807) is 0 Å². The third-order valence-corrected chi connectivity index (χ3v) is 2.47. The maximum absolute atomic E-state index is 5.62. The van der Waals surface area contributed by atoms with Crippen LogP contribution in [0.1, 0.15) is 12.5 Å². The molecule has 2 rings (SSSR count). The highest BCUT2D eigenvalue weighted by molar-refractivity contribution is 5.60. The van der Waals surface area contributed by atoms with Gasteiger partial charge in [0.2, 0.25) is 0 Å². The Bertz CT molecular complexity index is 446. The van der Waals surface area contributed by atoms with Crippen molar-refractivity contribution >= 4 is 0 Å². The molecular formula is C12H15N3. The smallest absolute Gasteiger partial charge is 0.0682 e. The minimum absolute atomic E-state index is 0.577. The van der Waals surface area contributed by atoms with Gasteiger partial charge in [-0.2, -0.15) is 5.10 Å². The maximum Gasteiger partial charge on any atom is 0.0682 e. The van der Waals surface area contributed by atoms with E-state index in [2.05, 4.69) is 24.2 Å². The van der Waals surface area contributed by atoms with E-state index < -0.39 is 0 Å². The molecule has 0 spiro atoms. The van der Waals surface area contributed by atoms with Gasteiger partial charge in [-0.05, 0) is 24.6 Å². The first-order chi connectivity index (χ1) is 7.35. The molecule has 3 nitrogen and oxygen atoms in total. The number of hydrogen-bond donors (Lipinski definition) is 1. The normalized spacial score (nSPS) is 10.5. The van der Waals surface area contributed by atoms with Crippen LogP contribution in [0.3, 0.4) is 0 Å². The van der Waals surface area contributed by atoms with Crippen LogP contribution in [0.2, 0.25) is 0 Å². The van der Waals surface area contributed by atoms with E-state index in [9.17, 15) is 0 Å². The highest BCUT2D eigenvalue weighted by Gasteiger charge is 2.03. The molecule has 0 bridgehead atoms. The van der Waals surface area contributed by atoms with Gasteiger partial charge in [-0.1, -0.05) is 18.2 Å². The van der Waals surface area contributed by atoms with Crippen molar-refractivity contribution in [3.63, 3.8) is 0 Å². The van der Waals surface area contributed by atoms with Gasteiger partial charge in [0, 0.05) is 24.8 Å². The average molecular weight is 201 g/mol. The molecule has 2 N–H and O–H groups in total. The summed E-state index contributed by atoms with van der Waals surface area (Å²) in [6, 6.07) is 10.3. The lowest BCUT2D eigenvalue weighted by molar-refractivity contribution is 0.667. The van der Waals surface area contributed by atoms with Gasteiger partial charge in [-0.15, -0.1) is 0 Å². The first-order valence-corrected chi connectivity index (χ1v) is 5.16. The number of aryl methyl sites for hydroxylation is 1. The lowest BCUT2D eigenvalue weighted by atomic mass is 10.1. The number of benzene rings is 1. The van der Waals surface area contributed by atoms with Gasteiger partial charge in [0.25, 0.3) is 0 Å². The minimum Gasteiger partial charge on any atom is -0.326 e. The van der Waals surface area contributed by atoms with Crippen molar-refractivity contribution in [2.75, 3.05) is 0 Å². The zero-order chi connectivity index (χ0) is 10.7. The molecule has 1 aromatic heterocycles. The fraction of sp³-hybridized carbons (Fsp3) is 0.250. The van der Waals surface area contributed by atoms with Crippen molar-refractivity contribution in [2.45, 2.75) is 20.0 Å². The topological polar surface area (TPSA) is 43.8 Å². The van der Waals surface area contributed by atoms with E-state index in [1.165, 1.54) is 5.56 Å². The molecule has 0 saturated heterocycles. The second kappa shape index (κ2) is 4.28. The van der Waals surface area contributed by atoms with Crippen LogP contribution in [0.5, 0.6) is 0 Å². The Morgan fingerprint density at radius 3 is 2.93 bits per heavy atom. The number of rotatable bonds is 3. The highest BCUT2D eigenvalue weighted by Crippen LogP contribution is 2.19. The van der Waals surface area contributed by atoms with E-state index in [-0.39, 0.29) is 0 Å². The summed E-state index contributed by atoms with van der Waals surface area (Å²) in [7, 11) is 0. The average Bonchev–Trinajstić information content (AvgIpc) is 2.77. The number of nitrogens with zero attached hydrogens (tertiary/aromatic N) is 2. The number of hydrogen-bond acceptors (Lipinski definition) is 2. The van der Waals surface area contributed by atoms with Crippen LogP contribution in [0.4, 0.5) is 0 Å². The Labute approximate surface area is 89.5 Å². The van der Waals surface area contributed by atoms with E-state index >= 15 is 0 Å². The van der Waals surface area contributed by atoms with E-state index in [4.69, 9.17) is 5.73 Å². The predicted molar refractivity (Wildman–Crippen MR) is 61.2 cm³/mol. The van der Waals surface area contributed by atoms with Crippen molar-refractivity contribution < 1.29 is 0 Å². The summed E-state index contributed by atoms with van der Waals surface area (Å²) in [4.78, 5) is 0. The Morgan fingerprint density at radius 1 is 1.33 bits per heavy atom. The first kappa shape index (κ1) is 9.93. The standard InChI is InChI=1S/C12H15N3/c1-2-15-12(6-7-14-15)11-5-3-4-10(8-11)9-13/h3-8H,2,9,13H2,1H3. The Balaban J connectivity index is 2.44. The molecule has 0 aliphatic rings. The van der Waals surface area contributed by atoms with Gasteiger partial charge < -0.3 is 5.73 Å². The fourth-order valence-corrected chi connectivity index (χ4v) is 1.69. The summed E-state index contributed by atoms with van der Waals surface area (Å²) >= 11 is 0. The maximum atomic E-state index is 5.62. The largest absolute Gasteiger partial charge is 0.326 e. The molecule has 3 heteroatoms. The summed E-state index contributed by atoms with van der Waals surface area (Å²) in [5, 5.41) is 4.25. The Hall–Kier alpha value is -1.61. The van der Waals surface area contributed by atoms with Crippen LogP contribution in [-0.2, 0) is 13.1 Å². The van der Waals surface area contributed by atoms with Gasteiger partial charge in [-0.3, -0.25) is 4.68 Å². The molecule has 0 radical (unpaired) electrons. The van der Waals surface area contributed by atoms with Gasteiger partial charge in [-0.25, -0.2) is 0 Å². The molecule has 0 fully saturated rings. The molecule has 78 valence electrons. The van der Waals surface area contributed by atoms with Gasteiger partial charge in [0.05, 0.1) is 5.69 Å². The second-order valence-corrected chi connectivity index (χ2v) is 3.44. The summed E-state index contributed by atoms with van der Waals surface area (Å²) in [5.74, 6) is 0. The van der Waals surface area contributed by atoms with Crippen molar-refractivity contribution in [2.24, 2.45) is 5.73 Å². The summed E-state index contributed by atoms with van der Waals surface area (Å²) in [6.45, 7) is 3.55. The SMILES string of the molecule is CCn1nccc1-c1cccc(CN)c1. The third kappa shape index (κ3) is 1.92. The number of nitrogens with two attached hydrogens (primary N) is 1. The van der Waals surface area contributed by atoms with Crippen LogP contribution in [0.15, 0.2) is 36.5 Å².